The third-order valence-electron chi connectivity index (χ3n) is 3.87. The van der Waals surface area contributed by atoms with Crippen LogP contribution in [0.1, 0.15) is 29.8 Å². The topological polar surface area (TPSA) is 61.8 Å². The smallest absolute Gasteiger partial charge is 0.356 e. The Kier molecular flexibility index (Phi) is 4.25. The van der Waals surface area contributed by atoms with Crippen molar-refractivity contribution < 1.29 is 23.8 Å². The van der Waals surface area contributed by atoms with Gasteiger partial charge in [-0.1, -0.05) is 30.3 Å². The molecule has 24 heavy (non-hydrogen) atoms. The number of cyclic esters (lactones) is 1. The Balaban J connectivity index is 1.84. The molecule has 0 radical (unpaired) electrons. The van der Waals surface area contributed by atoms with Crippen LogP contribution in [0.15, 0.2) is 48.5 Å². The van der Waals surface area contributed by atoms with Crippen molar-refractivity contribution in [1.82, 2.24) is 0 Å². The molecular weight excluding hydrogens is 308 g/mol. The van der Waals surface area contributed by atoms with Crippen LogP contribution in [0.3, 0.4) is 0 Å². The van der Waals surface area contributed by atoms with Crippen molar-refractivity contribution in [3.8, 4) is 11.5 Å². The molecule has 124 valence electrons. The average molecular weight is 326 g/mol. The molecule has 2 aromatic rings. The molecule has 0 fully saturated rings. The number of rotatable bonds is 4. The lowest BCUT2D eigenvalue weighted by atomic mass is 9.90. The Bertz CT molecular complexity index is 783. The predicted molar refractivity (Wildman–Crippen MR) is 87.2 cm³/mol. The van der Waals surface area contributed by atoms with Gasteiger partial charge in [0.1, 0.15) is 0 Å². The maximum atomic E-state index is 12.6. The van der Waals surface area contributed by atoms with Crippen LogP contribution in [0.4, 0.5) is 0 Å². The van der Waals surface area contributed by atoms with Crippen LogP contribution in [0.25, 0.3) is 0 Å². The summed E-state index contributed by atoms with van der Waals surface area (Å²) in [4.78, 5) is 24.8. The lowest BCUT2D eigenvalue weighted by molar-refractivity contribution is -0.155. The molecule has 3 rings (SSSR count). The van der Waals surface area contributed by atoms with Crippen LogP contribution >= 0.6 is 0 Å². The zero-order chi connectivity index (χ0) is 17.2. The molecule has 0 saturated heterocycles. The van der Waals surface area contributed by atoms with Crippen LogP contribution in [-0.4, -0.2) is 24.1 Å². The Morgan fingerprint density at radius 2 is 1.79 bits per heavy atom. The maximum Gasteiger partial charge on any atom is 0.356 e. The molecule has 0 N–H and O–H groups in total. The van der Waals surface area contributed by atoms with E-state index in [1.54, 1.807) is 43.3 Å². The van der Waals surface area contributed by atoms with E-state index in [0.29, 0.717) is 23.7 Å². The molecule has 2 aromatic carbocycles. The van der Waals surface area contributed by atoms with E-state index >= 15 is 0 Å². The zero-order valence-electron chi connectivity index (χ0n) is 13.6. The van der Waals surface area contributed by atoms with Gasteiger partial charge < -0.3 is 14.2 Å². The molecule has 1 aliphatic heterocycles. The Hall–Kier alpha value is -2.82. The number of benzene rings is 2. The fraction of sp³-hybridized carbons (Fsp3) is 0.263. The number of carbonyl (C=O) groups excluding carboxylic acids is 2. The van der Waals surface area contributed by atoms with E-state index in [9.17, 15) is 9.59 Å². The Morgan fingerprint density at radius 3 is 2.54 bits per heavy atom. The lowest BCUT2D eigenvalue weighted by Gasteiger charge is -2.32. The summed E-state index contributed by atoms with van der Waals surface area (Å²) in [6.07, 6.45) is 0.268. The summed E-state index contributed by atoms with van der Waals surface area (Å²) < 4.78 is 16.3. The van der Waals surface area contributed by atoms with E-state index in [-0.39, 0.29) is 6.42 Å². The highest BCUT2D eigenvalue weighted by Gasteiger charge is 2.44. The highest BCUT2D eigenvalue weighted by Crippen LogP contribution is 2.32. The Labute approximate surface area is 140 Å². The lowest BCUT2D eigenvalue weighted by Crippen LogP contribution is -2.48. The van der Waals surface area contributed by atoms with Crippen molar-refractivity contribution in [3.63, 3.8) is 0 Å². The summed E-state index contributed by atoms with van der Waals surface area (Å²) in [5.41, 5.74) is -0.117. The van der Waals surface area contributed by atoms with Crippen molar-refractivity contribution >= 4 is 11.9 Å². The van der Waals surface area contributed by atoms with Crippen molar-refractivity contribution in [3.05, 3.63) is 59.7 Å². The van der Waals surface area contributed by atoms with Crippen molar-refractivity contribution in [2.75, 3.05) is 6.61 Å². The fourth-order valence-electron chi connectivity index (χ4n) is 2.66. The molecule has 5 heteroatoms. The van der Waals surface area contributed by atoms with Gasteiger partial charge in [-0.15, -0.1) is 0 Å². The summed E-state index contributed by atoms with van der Waals surface area (Å²) in [7, 11) is 0. The molecule has 0 aliphatic carbocycles. The molecule has 5 nitrogen and oxygen atoms in total. The van der Waals surface area contributed by atoms with Gasteiger partial charge in [-0.2, -0.15) is 0 Å². The number of fused-ring (bicyclic) bond motifs is 1. The molecule has 1 heterocycles. The highest BCUT2D eigenvalue weighted by molar-refractivity contribution is 5.96. The first-order chi connectivity index (χ1) is 11.5. The van der Waals surface area contributed by atoms with Gasteiger partial charge in [0.25, 0.3) is 0 Å². The monoisotopic (exact) mass is 326 g/mol. The summed E-state index contributed by atoms with van der Waals surface area (Å²) >= 11 is 0. The molecule has 0 amide bonds. The number of ether oxygens (including phenoxy) is 3. The number of carbonyl (C=O) groups is 2. The standard InChI is InChI=1S/C19H18O5/c1-3-22-15-10-6-7-11-16(15)23-18(21)19(2)12-13-8-4-5-9-14(13)17(20)24-19/h4-11H,3,12H2,1-2H3. The molecular formula is C19H18O5. The number of para-hydroxylation sites is 2. The van der Waals surface area contributed by atoms with E-state index in [1.807, 2.05) is 19.1 Å². The van der Waals surface area contributed by atoms with Crippen molar-refractivity contribution in [1.29, 1.82) is 0 Å². The van der Waals surface area contributed by atoms with Gasteiger partial charge >= 0.3 is 11.9 Å². The summed E-state index contributed by atoms with van der Waals surface area (Å²) in [6, 6.07) is 14.0. The summed E-state index contributed by atoms with van der Waals surface area (Å²) in [5, 5.41) is 0. The predicted octanol–water partition coefficient (Wildman–Crippen LogP) is 3.16. The average Bonchev–Trinajstić information content (AvgIpc) is 2.57. The molecule has 1 unspecified atom stereocenters. The van der Waals surface area contributed by atoms with Gasteiger partial charge in [-0.05, 0) is 37.6 Å². The van der Waals surface area contributed by atoms with E-state index < -0.39 is 17.5 Å². The second-order valence-corrected chi connectivity index (χ2v) is 5.72. The summed E-state index contributed by atoms with van der Waals surface area (Å²) in [5.74, 6) is -0.369. The highest BCUT2D eigenvalue weighted by atomic mass is 16.6. The maximum absolute atomic E-state index is 12.6. The second-order valence-electron chi connectivity index (χ2n) is 5.72. The van der Waals surface area contributed by atoms with Crippen molar-refractivity contribution in [2.45, 2.75) is 25.9 Å². The van der Waals surface area contributed by atoms with Gasteiger partial charge in [-0.25, -0.2) is 9.59 Å². The quantitative estimate of drug-likeness (QED) is 0.638. The first-order valence-electron chi connectivity index (χ1n) is 7.79. The van der Waals surface area contributed by atoms with E-state index in [0.717, 1.165) is 5.56 Å². The third kappa shape index (κ3) is 2.97. The zero-order valence-corrected chi connectivity index (χ0v) is 13.6. The van der Waals surface area contributed by atoms with E-state index in [1.165, 1.54) is 0 Å². The van der Waals surface area contributed by atoms with Crippen LogP contribution in [0.5, 0.6) is 11.5 Å². The van der Waals surface area contributed by atoms with Crippen LogP contribution in [0.2, 0.25) is 0 Å². The SMILES string of the molecule is CCOc1ccccc1OC(=O)C1(C)Cc2ccccc2C(=O)O1. The minimum absolute atomic E-state index is 0.268. The number of esters is 2. The van der Waals surface area contributed by atoms with Crippen molar-refractivity contribution in [2.24, 2.45) is 0 Å². The van der Waals surface area contributed by atoms with Crippen LogP contribution in [-0.2, 0) is 16.0 Å². The minimum Gasteiger partial charge on any atom is -0.490 e. The summed E-state index contributed by atoms with van der Waals surface area (Å²) in [6.45, 7) is 3.86. The largest absolute Gasteiger partial charge is 0.490 e. The molecule has 0 bridgehead atoms. The minimum atomic E-state index is -1.37. The third-order valence-corrected chi connectivity index (χ3v) is 3.87. The van der Waals surface area contributed by atoms with E-state index in [2.05, 4.69) is 0 Å². The number of hydrogen-bond acceptors (Lipinski definition) is 5. The fourth-order valence-corrected chi connectivity index (χ4v) is 2.66. The Morgan fingerprint density at radius 1 is 1.12 bits per heavy atom. The normalized spacial score (nSPS) is 19.2. The molecule has 0 spiro atoms. The van der Waals surface area contributed by atoms with Gasteiger partial charge in [0.05, 0.1) is 12.2 Å². The number of hydrogen-bond donors (Lipinski definition) is 0. The van der Waals surface area contributed by atoms with E-state index in [4.69, 9.17) is 14.2 Å². The van der Waals surface area contributed by atoms with Gasteiger partial charge in [-0.3, -0.25) is 0 Å². The van der Waals surface area contributed by atoms with Gasteiger partial charge in [0.15, 0.2) is 11.5 Å². The van der Waals surface area contributed by atoms with Crippen LogP contribution < -0.4 is 9.47 Å². The van der Waals surface area contributed by atoms with Crippen LogP contribution in [0, 0.1) is 0 Å². The molecule has 0 saturated carbocycles. The van der Waals surface area contributed by atoms with Gasteiger partial charge in [0, 0.05) is 6.42 Å². The van der Waals surface area contributed by atoms with Gasteiger partial charge in [0.2, 0.25) is 5.60 Å². The molecule has 1 atom stereocenters. The molecule has 1 aliphatic rings. The second kappa shape index (κ2) is 6.35. The first-order valence-corrected chi connectivity index (χ1v) is 7.79. The first kappa shape index (κ1) is 16.1. The molecule has 0 aromatic heterocycles.